The van der Waals surface area contributed by atoms with Crippen LogP contribution in [0.1, 0.15) is 5.56 Å². The Bertz CT molecular complexity index is 384. The van der Waals surface area contributed by atoms with Gasteiger partial charge >= 0.3 is 6.03 Å². The molecule has 0 fully saturated rings. The maximum atomic E-state index is 10.8. The third-order valence-electron chi connectivity index (χ3n) is 2.03. The lowest BCUT2D eigenvalue weighted by Gasteiger charge is -2.14. The van der Waals surface area contributed by atoms with Gasteiger partial charge in [-0.15, -0.1) is 0 Å². The second kappa shape index (κ2) is 5.50. The quantitative estimate of drug-likeness (QED) is 0.785. The molecule has 1 aromatic rings. The molecule has 1 rings (SSSR count). The minimum Gasteiger partial charge on any atom is -0.493 e. The van der Waals surface area contributed by atoms with Crippen molar-refractivity contribution in [2.45, 2.75) is 6.54 Å². The van der Waals surface area contributed by atoms with Crippen molar-refractivity contribution >= 4 is 18.8 Å². The van der Waals surface area contributed by atoms with Crippen molar-refractivity contribution < 1.29 is 14.3 Å². The summed E-state index contributed by atoms with van der Waals surface area (Å²) in [7, 11) is 3.11. The average Bonchev–Trinajstić information content (AvgIpc) is 2.28. The lowest BCUT2D eigenvalue weighted by molar-refractivity contribution is 0.234. The maximum absolute atomic E-state index is 10.8. The van der Waals surface area contributed by atoms with E-state index in [1.807, 2.05) is 6.07 Å². The van der Waals surface area contributed by atoms with Crippen molar-refractivity contribution in [2.75, 3.05) is 14.2 Å². The summed E-state index contributed by atoms with van der Waals surface area (Å²) in [6.45, 7) is 0.304. The van der Waals surface area contributed by atoms with Crippen LogP contribution in [0.15, 0.2) is 18.2 Å². The number of primary amides is 1. The minimum atomic E-state index is -0.599. The number of nitrogens with zero attached hydrogens (tertiary/aromatic N) is 1. The fourth-order valence-corrected chi connectivity index (χ4v) is 1.39. The topological polar surface area (TPSA) is 64.8 Å². The van der Waals surface area contributed by atoms with Crippen LogP contribution in [-0.4, -0.2) is 24.6 Å². The Labute approximate surface area is 99.7 Å². The summed E-state index contributed by atoms with van der Waals surface area (Å²) in [6, 6.07) is 4.74. The number of amides is 2. The molecule has 2 amide bonds. The number of thiol groups is 1. The van der Waals surface area contributed by atoms with Crippen LogP contribution in [0.5, 0.6) is 11.5 Å². The summed E-state index contributed by atoms with van der Waals surface area (Å²) in [5, 5.41) is 0. The number of ether oxygens (including phenoxy) is 2. The normalized spacial score (nSPS) is 9.69. The first-order chi connectivity index (χ1) is 7.58. The molecule has 0 aliphatic rings. The van der Waals surface area contributed by atoms with E-state index < -0.39 is 6.03 Å². The van der Waals surface area contributed by atoms with Crippen molar-refractivity contribution in [3.63, 3.8) is 0 Å². The van der Waals surface area contributed by atoms with Gasteiger partial charge in [-0.25, -0.2) is 4.79 Å². The molecule has 2 N–H and O–H groups in total. The van der Waals surface area contributed by atoms with E-state index in [0.29, 0.717) is 18.0 Å². The lowest BCUT2D eigenvalue weighted by Crippen LogP contribution is -2.27. The lowest BCUT2D eigenvalue weighted by atomic mass is 10.2. The SMILES string of the molecule is COc1ccc(CN(S)C(N)=O)cc1OC. The van der Waals surface area contributed by atoms with Crippen LogP contribution in [-0.2, 0) is 6.54 Å². The van der Waals surface area contributed by atoms with Crippen LogP contribution in [0.25, 0.3) is 0 Å². The van der Waals surface area contributed by atoms with E-state index in [1.165, 1.54) is 0 Å². The number of urea groups is 1. The van der Waals surface area contributed by atoms with Gasteiger partial charge in [0, 0.05) is 0 Å². The van der Waals surface area contributed by atoms with Gasteiger partial charge in [-0.05, 0) is 17.7 Å². The molecular weight excluding hydrogens is 228 g/mol. The summed E-state index contributed by atoms with van der Waals surface area (Å²) < 4.78 is 11.3. The van der Waals surface area contributed by atoms with Crippen molar-refractivity contribution in [1.82, 2.24) is 4.31 Å². The number of benzene rings is 1. The highest BCUT2D eigenvalue weighted by Crippen LogP contribution is 2.28. The van der Waals surface area contributed by atoms with Gasteiger partial charge in [0.05, 0.1) is 20.8 Å². The monoisotopic (exact) mass is 242 g/mol. The largest absolute Gasteiger partial charge is 0.493 e. The Hall–Kier alpha value is -1.56. The van der Waals surface area contributed by atoms with Gasteiger partial charge in [0.15, 0.2) is 11.5 Å². The van der Waals surface area contributed by atoms with E-state index in [2.05, 4.69) is 12.8 Å². The van der Waals surface area contributed by atoms with Crippen LogP contribution in [0.4, 0.5) is 4.79 Å². The van der Waals surface area contributed by atoms with Gasteiger partial charge in [-0.1, -0.05) is 18.9 Å². The van der Waals surface area contributed by atoms with E-state index in [4.69, 9.17) is 15.2 Å². The third kappa shape index (κ3) is 2.96. The second-order valence-corrected chi connectivity index (χ2v) is 3.57. The first kappa shape index (κ1) is 12.5. The number of hydrogen-bond donors (Lipinski definition) is 2. The minimum absolute atomic E-state index is 0.304. The smallest absolute Gasteiger partial charge is 0.324 e. The van der Waals surface area contributed by atoms with Crippen LogP contribution < -0.4 is 15.2 Å². The number of methoxy groups -OCH3 is 2. The molecule has 0 aliphatic heterocycles. The fourth-order valence-electron chi connectivity index (χ4n) is 1.23. The molecule has 6 heteroatoms. The Morgan fingerprint density at radius 1 is 1.38 bits per heavy atom. The summed E-state index contributed by atoms with van der Waals surface area (Å²) >= 11 is 3.94. The molecule has 0 heterocycles. The molecule has 0 saturated heterocycles. The molecule has 0 bridgehead atoms. The summed E-state index contributed by atoms with van der Waals surface area (Å²) in [5.41, 5.74) is 5.92. The zero-order valence-corrected chi connectivity index (χ0v) is 10.0. The summed E-state index contributed by atoms with van der Waals surface area (Å²) in [4.78, 5) is 10.8. The van der Waals surface area contributed by atoms with Gasteiger partial charge in [0.2, 0.25) is 0 Å². The number of carbonyl (C=O) groups excluding carboxylic acids is 1. The van der Waals surface area contributed by atoms with Crippen molar-refractivity contribution in [2.24, 2.45) is 5.73 Å². The summed E-state index contributed by atoms with van der Waals surface area (Å²) in [6.07, 6.45) is 0. The van der Waals surface area contributed by atoms with Gasteiger partial charge in [-0.3, -0.25) is 4.31 Å². The third-order valence-corrected chi connectivity index (χ3v) is 2.37. The van der Waals surface area contributed by atoms with Crippen molar-refractivity contribution in [1.29, 1.82) is 0 Å². The van der Waals surface area contributed by atoms with Gasteiger partial charge in [-0.2, -0.15) is 0 Å². The molecule has 0 spiro atoms. The molecular formula is C10H14N2O3S. The van der Waals surface area contributed by atoms with Crippen LogP contribution in [0, 0.1) is 0 Å². The van der Waals surface area contributed by atoms with E-state index >= 15 is 0 Å². The van der Waals surface area contributed by atoms with Crippen LogP contribution >= 0.6 is 12.8 Å². The van der Waals surface area contributed by atoms with E-state index in [-0.39, 0.29) is 0 Å². The zero-order chi connectivity index (χ0) is 12.1. The molecule has 0 radical (unpaired) electrons. The second-order valence-electron chi connectivity index (χ2n) is 3.09. The number of rotatable bonds is 4. The van der Waals surface area contributed by atoms with Gasteiger partial charge in [0.1, 0.15) is 0 Å². The van der Waals surface area contributed by atoms with E-state index in [9.17, 15) is 4.79 Å². The standard InChI is InChI=1S/C10H14N2O3S/c1-14-8-4-3-7(5-9(8)15-2)6-12(16)10(11)13/h3-5,16H,6H2,1-2H3,(H2,11,13). The van der Waals surface area contributed by atoms with Gasteiger partial charge < -0.3 is 15.2 Å². The molecule has 0 saturated carbocycles. The summed E-state index contributed by atoms with van der Waals surface area (Å²) in [5.74, 6) is 1.24. The molecule has 0 aromatic heterocycles. The van der Waals surface area contributed by atoms with E-state index in [0.717, 1.165) is 9.87 Å². The predicted molar refractivity (Wildman–Crippen MR) is 63.7 cm³/mol. The Morgan fingerprint density at radius 3 is 2.50 bits per heavy atom. The van der Waals surface area contributed by atoms with Gasteiger partial charge in [0.25, 0.3) is 0 Å². The fraction of sp³-hybridized carbons (Fsp3) is 0.300. The average molecular weight is 242 g/mol. The molecule has 88 valence electrons. The molecule has 5 nitrogen and oxygen atoms in total. The molecule has 0 aliphatic carbocycles. The maximum Gasteiger partial charge on any atom is 0.324 e. The van der Waals surface area contributed by atoms with Crippen LogP contribution in [0.2, 0.25) is 0 Å². The molecule has 1 aromatic carbocycles. The first-order valence-electron chi connectivity index (χ1n) is 4.55. The van der Waals surface area contributed by atoms with Crippen molar-refractivity contribution in [3.05, 3.63) is 23.8 Å². The molecule has 0 atom stereocenters. The number of nitrogens with two attached hydrogens (primary N) is 1. The molecule has 0 unspecified atom stereocenters. The van der Waals surface area contributed by atoms with Crippen LogP contribution in [0.3, 0.4) is 0 Å². The van der Waals surface area contributed by atoms with E-state index in [1.54, 1.807) is 26.4 Å². The first-order valence-corrected chi connectivity index (χ1v) is 4.95. The zero-order valence-electron chi connectivity index (χ0n) is 9.14. The van der Waals surface area contributed by atoms with Crippen molar-refractivity contribution in [3.8, 4) is 11.5 Å². The highest BCUT2D eigenvalue weighted by atomic mass is 32.1. The molecule has 16 heavy (non-hydrogen) atoms. The number of carbonyl (C=O) groups is 1. The highest BCUT2D eigenvalue weighted by Gasteiger charge is 2.08. The number of hydrogen-bond acceptors (Lipinski definition) is 4. The predicted octanol–water partition coefficient (Wildman–Crippen LogP) is 1.43. The Balaban J connectivity index is 2.86. The Morgan fingerprint density at radius 2 is 2.00 bits per heavy atom. The highest BCUT2D eigenvalue weighted by molar-refractivity contribution is 7.78. The Kier molecular flexibility index (Phi) is 4.30.